The van der Waals surface area contributed by atoms with Crippen molar-refractivity contribution in [2.75, 3.05) is 0 Å². The summed E-state index contributed by atoms with van der Waals surface area (Å²) in [6, 6.07) is 6.06. The maximum Gasteiger partial charge on any atom is 0.522 e. The predicted octanol–water partition coefficient (Wildman–Crippen LogP) is 2.84. The summed E-state index contributed by atoms with van der Waals surface area (Å²) in [4.78, 5) is 41.3. The second-order valence-corrected chi connectivity index (χ2v) is 5.90. The fourth-order valence-corrected chi connectivity index (χ4v) is 3.02. The Balaban J connectivity index is 1.58. The van der Waals surface area contributed by atoms with E-state index in [9.17, 15) is 27.6 Å². The van der Waals surface area contributed by atoms with E-state index in [1.165, 1.54) is 12.1 Å². The van der Waals surface area contributed by atoms with Crippen LogP contribution < -0.4 is 0 Å². The molecule has 0 saturated heterocycles. The Morgan fingerprint density at radius 3 is 2.00 bits per heavy atom. The van der Waals surface area contributed by atoms with Gasteiger partial charge >= 0.3 is 12.3 Å². The van der Waals surface area contributed by atoms with Crippen LogP contribution in [0.3, 0.4) is 0 Å². The summed E-state index contributed by atoms with van der Waals surface area (Å²) in [5.74, 6) is -2.96. The molecule has 1 aromatic rings. The minimum absolute atomic E-state index is 0.0431. The zero-order chi connectivity index (χ0) is 18.2. The molecule has 25 heavy (non-hydrogen) atoms. The maximum absolute atomic E-state index is 12.2. The van der Waals surface area contributed by atoms with E-state index >= 15 is 0 Å². The first-order chi connectivity index (χ1) is 11.8. The number of benzene rings is 1. The number of halogens is 3. The molecule has 6 nitrogen and oxygen atoms in total. The topological polar surface area (TPSA) is 72.9 Å². The molecule has 2 aliphatic rings. The van der Waals surface area contributed by atoms with Gasteiger partial charge in [0, 0.05) is 0 Å². The molecule has 1 aromatic carbocycles. The molecule has 9 heteroatoms. The number of nitrogens with zero attached hydrogens (tertiary/aromatic N) is 1. The van der Waals surface area contributed by atoms with Gasteiger partial charge in [-0.15, -0.1) is 13.2 Å². The van der Waals surface area contributed by atoms with E-state index in [0.29, 0.717) is 5.06 Å². The SMILES string of the molecule is O=C(ON1C(=O)c2ccccc2C1=O)C1CCC(OC(F)(F)F)CC1. The number of imide groups is 1. The zero-order valence-electron chi connectivity index (χ0n) is 12.9. The van der Waals surface area contributed by atoms with E-state index in [2.05, 4.69) is 4.74 Å². The van der Waals surface area contributed by atoms with Crippen molar-refractivity contribution in [3.63, 3.8) is 0 Å². The summed E-state index contributed by atoms with van der Waals surface area (Å²) >= 11 is 0. The molecular formula is C16H14F3NO5. The fourth-order valence-electron chi connectivity index (χ4n) is 3.02. The molecule has 2 amide bonds. The lowest BCUT2D eigenvalue weighted by Crippen LogP contribution is -2.37. The van der Waals surface area contributed by atoms with Crippen LogP contribution in [0, 0.1) is 5.92 Å². The number of amides is 2. The largest absolute Gasteiger partial charge is 0.522 e. The number of carbonyl (C=O) groups is 3. The summed E-state index contributed by atoms with van der Waals surface area (Å²) in [6.07, 6.45) is -5.37. The third-order valence-corrected chi connectivity index (χ3v) is 4.25. The van der Waals surface area contributed by atoms with Crippen molar-refractivity contribution in [1.82, 2.24) is 5.06 Å². The third kappa shape index (κ3) is 3.65. The van der Waals surface area contributed by atoms with Crippen molar-refractivity contribution < 1.29 is 37.1 Å². The lowest BCUT2D eigenvalue weighted by atomic mass is 9.87. The number of hydrogen-bond acceptors (Lipinski definition) is 5. The summed E-state index contributed by atoms with van der Waals surface area (Å²) in [7, 11) is 0. The highest BCUT2D eigenvalue weighted by Crippen LogP contribution is 2.32. The van der Waals surface area contributed by atoms with Crippen LogP contribution in [0.25, 0.3) is 0 Å². The van der Waals surface area contributed by atoms with E-state index in [1.807, 2.05) is 0 Å². The van der Waals surface area contributed by atoms with E-state index in [1.54, 1.807) is 12.1 Å². The monoisotopic (exact) mass is 357 g/mol. The van der Waals surface area contributed by atoms with Gasteiger partial charge in [-0.05, 0) is 37.8 Å². The number of hydrogen-bond donors (Lipinski definition) is 0. The number of hydroxylamine groups is 2. The molecule has 1 aliphatic heterocycles. The van der Waals surface area contributed by atoms with Crippen molar-refractivity contribution in [3.05, 3.63) is 35.4 Å². The Kier molecular flexibility index (Phi) is 4.51. The summed E-state index contributed by atoms with van der Waals surface area (Å²) in [5, 5.41) is 0.408. The molecule has 0 N–H and O–H groups in total. The molecule has 0 unspecified atom stereocenters. The number of ether oxygens (including phenoxy) is 1. The summed E-state index contributed by atoms with van der Waals surface area (Å²) in [5.41, 5.74) is 0.283. The van der Waals surface area contributed by atoms with Crippen molar-refractivity contribution in [1.29, 1.82) is 0 Å². The molecule has 1 fully saturated rings. The van der Waals surface area contributed by atoms with Crippen LogP contribution >= 0.6 is 0 Å². The summed E-state index contributed by atoms with van der Waals surface area (Å²) < 4.78 is 40.5. The third-order valence-electron chi connectivity index (χ3n) is 4.25. The molecule has 134 valence electrons. The second kappa shape index (κ2) is 6.47. The van der Waals surface area contributed by atoms with Gasteiger partial charge in [0.15, 0.2) is 0 Å². The van der Waals surface area contributed by atoms with Gasteiger partial charge < -0.3 is 4.84 Å². The quantitative estimate of drug-likeness (QED) is 0.778. The summed E-state index contributed by atoms with van der Waals surface area (Å²) in [6.45, 7) is 0. The lowest BCUT2D eigenvalue weighted by molar-refractivity contribution is -0.345. The van der Waals surface area contributed by atoms with Gasteiger partial charge in [-0.25, -0.2) is 4.79 Å². The van der Waals surface area contributed by atoms with Crippen LogP contribution in [0.1, 0.15) is 46.4 Å². The molecule has 3 rings (SSSR count). The highest BCUT2D eigenvalue weighted by molar-refractivity contribution is 6.20. The molecule has 1 aliphatic carbocycles. The van der Waals surface area contributed by atoms with E-state index < -0.39 is 36.2 Å². The van der Waals surface area contributed by atoms with Crippen molar-refractivity contribution >= 4 is 17.8 Å². The highest BCUT2D eigenvalue weighted by atomic mass is 19.4. The smallest absolute Gasteiger partial charge is 0.329 e. The highest BCUT2D eigenvalue weighted by Gasteiger charge is 2.41. The standard InChI is InChI=1S/C16H14F3NO5/c17-16(18,19)24-10-7-5-9(6-8-10)15(23)25-20-13(21)11-3-1-2-4-12(11)14(20)22/h1-4,9-10H,5-8H2. The Hall–Kier alpha value is -2.42. The lowest BCUT2D eigenvalue weighted by Gasteiger charge is -2.28. The molecule has 0 bridgehead atoms. The van der Waals surface area contributed by atoms with Gasteiger partial charge in [-0.3, -0.25) is 14.3 Å². The van der Waals surface area contributed by atoms with E-state index in [-0.39, 0.29) is 36.8 Å². The van der Waals surface area contributed by atoms with E-state index in [0.717, 1.165) is 0 Å². The average Bonchev–Trinajstić information content (AvgIpc) is 2.79. The number of rotatable bonds is 3. The van der Waals surface area contributed by atoms with Crippen LogP contribution in [0.4, 0.5) is 13.2 Å². The predicted molar refractivity (Wildman–Crippen MR) is 75.9 cm³/mol. The first-order valence-electron chi connectivity index (χ1n) is 7.70. The molecule has 1 saturated carbocycles. The van der Waals surface area contributed by atoms with Crippen LogP contribution in [0.5, 0.6) is 0 Å². The van der Waals surface area contributed by atoms with Gasteiger partial charge in [0.1, 0.15) is 0 Å². The first kappa shape index (κ1) is 17.4. The Morgan fingerprint density at radius 2 is 1.52 bits per heavy atom. The molecule has 0 aromatic heterocycles. The van der Waals surface area contributed by atoms with Crippen LogP contribution in [0.15, 0.2) is 24.3 Å². The molecule has 1 heterocycles. The van der Waals surface area contributed by atoms with Gasteiger partial charge in [0.2, 0.25) is 0 Å². The Labute approximate surface area is 140 Å². The maximum atomic E-state index is 12.2. The van der Waals surface area contributed by atoms with Crippen LogP contribution in [0.2, 0.25) is 0 Å². The number of fused-ring (bicyclic) bond motifs is 1. The number of alkyl halides is 3. The van der Waals surface area contributed by atoms with Gasteiger partial charge in [0.05, 0.1) is 23.1 Å². The van der Waals surface area contributed by atoms with Gasteiger partial charge in [-0.2, -0.15) is 0 Å². The minimum atomic E-state index is -4.71. The Morgan fingerprint density at radius 1 is 1.00 bits per heavy atom. The molecule has 0 radical (unpaired) electrons. The molecular weight excluding hydrogens is 343 g/mol. The van der Waals surface area contributed by atoms with Gasteiger partial charge in [-0.1, -0.05) is 17.2 Å². The Bertz CT molecular complexity index is 675. The normalized spacial score (nSPS) is 23.6. The van der Waals surface area contributed by atoms with Crippen LogP contribution in [-0.4, -0.2) is 35.3 Å². The average molecular weight is 357 g/mol. The van der Waals surface area contributed by atoms with Gasteiger partial charge in [0.25, 0.3) is 11.8 Å². The minimum Gasteiger partial charge on any atom is -0.329 e. The van der Waals surface area contributed by atoms with Crippen molar-refractivity contribution in [2.45, 2.75) is 38.1 Å². The number of carbonyl (C=O) groups excluding carboxylic acids is 3. The molecule has 0 atom stereocenters. The first-order valence-corrected chi connectivity index (χ1v) is 7.70. The van der Waals surface area contributed by atoms with Crippen molar-refractivity contribution in [2.24, 2.45) is 5.92 Å². The molecule has 0 spiro atoms. The van der Waals surface area contributed by atoms with Crippen LogP contribution in [-0.2, 0) is 14.4 Å². The zero-order valence-corrected chi connectivity index (χ0v) is 12.9. The fraction of sp³-hybridized carbons (Fsp3) is 0.438. The second-order valence-electron chi connectivity index (χ2n) is 5.90. The van der Waals surface area contributed by atoms with Crippen molar-refractivity contribution in [3.8, 4) is 0 Å². The van der Waals surface area contributed by atoms with E-state index in [4.69, 9.17) is 4.84 Å².